The molecule has 1 aliphatic rings. The zero-order chi connectivity index (χ0) is 16.2. The highest BCUT2D eigenvalue weighted by Crippen LogP contribution is 2.23. The highest BCUT2D eigenvalue weighted by Gasteiger charge is 2.14. The summed E-state index contributed by atoms with van der Waals surface area (Å²) in [5, 5.41) is 2.92. The zero-order valence-electron chi connectivity index (χ0n) is 13.5. The van der Waals surface area contributed by atoms with Gasteiger partial charge < -0.3 is 15.0 Å². The molecule has 5 nitrogen and oxygen atoms in total. The molecule has 1 amide bonds. The molecule has 0 aromatic carbocycles. The van der Waals surface area contributed by atoms with E-state index in [4.69, 9.17) is 4.74 Å². The molecule has 1 aliphatic heterocycles. The topological polar surface area (TPSA) is 54.5 Å². The minimum Gasteiger partial charge on any atom is -0.378 e. The van der Waals surface area contributed by atoms with E-state index in [9.17, 15) is 4.79 Å². The second-order valence-electron chi connectivity index (χ2n) is 5.53. The van der Waals surface area contributed by atoms with Crippen LogP contribution >= 0.6 is 11.3 Å². The Morgan fingerprint density at radius 2 is 2.17 bits per heavy atom. The van der Waals surface area contributed by atoms with Gasteiger partial charge in [-0.3, -0.25) is 4.79 Å². The van der Waals surface area contributed by atoms with Crippen molar-refractivity contribution >= 4 is 28.7 Å². The number of anilines is 2. The first-order valence-corrected chi connectivity index (χ1v) is 8.68. The first kappa shape index (κ1) is 16.0. The van der Waals surface area contributed by atoms with Crippen molar-refractivity contribution in [3.05, 3.63) is 39.7 Å². The first-order chi connectivity index (χ1) is 11.2. The fourth-order valence-electron chi connectivity index (χ4n) is 2.61. The molecule has 0 saturated carbocycles. The fourth-order valence-corrected chi connectivity index (χ4v) is 3.62. The van der Waals surface area contributed by atoms with Gasteiger partial charge in [0.2, 0.25) is 0 Å². The minimum absolute atomic E-state index is 0.0706. The smallest absolute Gasteiger partial charge is 0.265 e. The number of aryl methyl sites for hydroxylation is 2. The number of pyridine rings is 1. The lowest BCUT2D eigenvalue weighted by Gasteiger charge is -2.27. The number of aromatic nitrogens is 1. The highest BCUT2D eigenvalue weighted by atomic mass is 32.1. The highest BCUT2D eigenvalue weighted by molar-refractivity contribution is 7.14. The number of amides is 1. The maximum atomic E-state index is 12.3. The van der Waals surface area contributed by atoms with Crippen molar-refractivity contribution in [3.63, 3.8) is 0 Å². The zero-order valence-corrected chi connectivity index (χ0v) is 14.3. The number of nitrogens with zero attached hydrogens (tertiary/aromatic N) is 2. The van der Waals surface area contributed by atoms with Crippen molar-refractivity contribution in [2.45, 2.75) is 20.3 Å². The van der Waals surface area contributed by atoms with Crippen LogP contribution in [0.4, 0.5) is 11.5 Å². The Bertz CT molecular complexity index is 676. The van der Waals surface area contributed by atoms with Crippen molar-refractivity contribution in [1.82, 2.24) is 4.98 Å². The van der Waals surface area contributed by atoms with Gasteiger partial charge in [0.05, 0.1) is 30.0 Å². The second-order valence-corrected chi connectivity index (χ2v) is 6.67. The molecule has 0 spiro atoms. The molecule has 0 atom stereocenters. The molecule has 1 saturated heterocycles. The van der Waals surface area contributed by atoms with E-state index in [1.807, 2.05) is 25.1 Å². The van der Waals surface area contributed by atoms with Crippen LogP contribution in [0, 0.1) is 6.92 Å². The number of hydrogen-bond donors (Lipinski definition) is 1. The van der Waals surface area contributed by atoms with Crippen LogP contribution in [-0.2, 0) is 11.2 Å². The lowest BCUT2D eigenvalue weighted by Crippen LogP contribution is -2.36. The Morgan fingerprint density at radius 3 is 2.78 bits per heavy atom. The van der Waals surface area contributed by atoms with Gasteiger partial charge in [0.25, 0.3) is 5.91 Å². The van der Waals surface area contributed by atoms with Crippen LogP contribution in [0.5, 0.6) is 0 Å². The van der Waals surface area contributed by atoms with E-state index >= 15 is 0 Å². The second kappa shape index (κ2) is 7.10. The standard InChI is InChI=1S/C17H21N3O2S/c1-3-14-12(2)10-15(23-14)17(21)19-13-4-5-16(18-11-13)20-6-8-22-9-7-20/h4-5,10-11H,3,6-9H2,1-2H3,(H,19,21). The van der Waals surface area contributed by atoms with Gasteiger partial charge in [-0.2, -0.15) is 0 Å². The summed E-state index contributed by atoms with van der Waals surface area (Å²) >= 11 is 1.56. The van der Waals surface area contributed by atoms with Crippen LogP contribution in [0.2, 0.25) is 0 Å². The molecule has 3 heterocycles. The summed E-state index contributed by atoms with van der Waals surface area (Å²) in [6.07, 6.45) is 2.67. The van der Waals surface area contributed by atoms with E-state index in [0.717, 1.165) is 49.1 Å². The third-order valence-electron chi connectivity index (χ3n) is 3.91. The summed E-state index contributed by atoms with van der Waals surface area (Å²) < 4.78 is 5.34. The predicted molar refractivity (Wildman–Crippen MR) is 93.7 cm³/mol. The molecule has 2 aromatic heterocycles. The van der Waals surface area contributed by atoms with Gasteiger partial charge in [-0.25, -0.2) is 4.98 Å². The molecule has 1 fully saturated rings. The van der Waals surface area contributed by atoms with E-state index in [-0.39, 0.29) is 5.91 Å². The summed E-state index contributed by atoms with van der Waals surface area (Å²) in [6, 6.07) is 5.79. The van der Waals surface area contributed by atoms with Gasteiger partial charge in [-0.1, -0.05) is 6.92 Å². The largest absolute Gasteiger partial charge is 0.378 e. The maximum absolute atomic E-state index is 12.3. The minimum atomic E-state index is -0.0706. The monoisotopic (exact) mass is 331 g/mol. The van der Waals surface area contributed by atoms with Gasteiger partial charge in [-0.15, -0.1) is 11.3 Å². The Morgan fingerprint density at radius 1 is 1.39 bits per heavy atom. The van der Waals surface area contributed by atoms with Gasteiger partial charge in [-0.05, 0) is 37.1 Å². The van der Waals surface area contributed by atoms with Crippen LogP contribution < -0.4 is 10.2 Å². The summed E-state index contributed by atoms with van der Waals surface area (Å²) in [7, 11) is 0. The first-order valence-electron chi connectivity index (χ1n) is 7.86. The van der Waals surface area contributed by atoms with Gasteiger partial charge in [0.1, 0.15) is 5.82 Å². The summed E-state index contributed by atoms with van der Waals surface area (Å²) in [5.74, 6) is 0.852. The number of morpholine rings is 1. The van der Waals surface area contributed by atoms with Gasteiger partial charge >= 0.3 is 0 Å². The molecule has 2 aromatic rings. The van der Waals surface area contributed by atoms with Gasteiger partial charge in [0.15, 0.2) is 0 Å². The average molecular weight is 331 g/mol. The molecule has 23 heavy (non-hydrogen) atoms. The quantitative estimate of drug-likeness (QED) is 0.935. The number of hydrogen-bond acceptors (Lipinski definition) is 5. The van der Waals surface area contributed by atoms with Crippen molar-refractivity contribution in [2.75, 3.05) is 36.5 Å². The molecule has 3 rings (SSSR count). The summed E-state index contributed by atoms with van der Waals surface area (Å²) in [4.78, 5) is 21.0. The third-order valence-corrected chi connectivity index (χ3v) is 5.29. The van der Waals surface area contributed by atoms with Crippen molar-refractivity contribution in [3.8, 4) is 0 Å². The average Bonchev–Trinajstić information content (AvgIpc) is 2.97. The van der Waals surface area contributed by atoms with Crippen LogP contribution in [-0.4, -0.2) is 37.2 Å². The van der Waals surface area contributed by atoms with Crippen molar-refractivity contribution in [2.24, 2.45) is 0 Å². The maximum Gasteiger partial charge on any atom is 0.265 e. The number of nitrogens with one attached hydrogen (secondary N) is 1. The van der Waals surface area contributed by atoms with Crippen molar-refractivity contribution < 1.29 is 9.53 Å². The molecular weight excluding hydrogens is 310 g/mol. The third kappa shape index (κ3) is 3.71. The van der Waals surface area contributed by atoms with Crippen molar-refractivity contribution in [1.29, 1.82) is 0 Å². The molecule has 1 N–H and O–H groups in total. The van der Waals surface area contributed by atoms with E-state index in [2.05, 4.69) is 22.1 Å². The normalized spacial score (nSPS) is 14.8. The molecule has 6 heteroatoms. The number of carbonyl (C=O) groups is 1. The Kier molecular flexibility index (Phi) is 4.93. The predicted octanol–water partition coefficient (Wildman–Crippen LogP) is 3.10. The number of thiophene rings is 1. The lowest BCUT2D eigenvalue weighted by atomic mass is 10.2. The molecule has 0 bridgehead atoms. The molecule has 0 radical (unpaired) electrons. The van der Waals surface area contributed by atoms with Crippen LogP contribution in [0.15, 0.2) is 24.4 Å². The Labute approximate surface area is 140 Å². The fraction of sp³-hybridized carbons (Fsp3) is 0.412. The van der Waals surface area contributed by atoms with Gasteiger partial charge in [0, 0.05) is 18.0 Å². The molecule has 0 unspecified atom stereocenters. The van der Waals surface area contributed by atoms with Crippen LogP contribution in [0.3, 0.4) is 0 Å². The molecule has 122 valence electrons. The molecule has 0 aliphatic carbocycles. The van der Waals surface area contributed by atoms with E-state index in [1.165, 1.54) is 10.4 Å². The van der Waals surface area contributed by atoms with E-state index < -0.39 is 0 Å². The van der Waals surface area contributed by atoms with Crippen LogP contribution in [0.1, 0.15) is 27.0 Å². The number of ether oxygens (including phenoxy) is 1. The van der Waals surface area contributed by atoms with Crippen LogP contribution in [0.25, 0.3) is 0 Å². The lowest BCUT2D eigenvalue weighted by molar-refractivity contribution is 0.103. The SMILES string of the molecule is CCc1sc(C(=O)Nc2ccc(N3CCOCC3)nc2)cc1C. The van der Waals surface area contributed by atoms with E-state index in [0.29, 0.717) is 0 Å². The van der Waals surface area contributed by atoms with E-state index in [1.54, 1.807) is 17.5 Å². The summed E-state index contributed by atoms with van der Waals surface area (Å²) in [6.45, 7) is 7.33. The molecular formula is C17H21N3O2S. The number of rotatable bonds is 4. The Balaban J connectivity index is 1.66. The summed E-state index contributed by atoms with van der Waals surface area (Å²) in [5.41, 5.74) is 1.90. The number of carbonyl (C=O) groups excluding carboxylic acids is 1. The Hall–Kier alpha value is -1.92.